The first-order chi connectivity index (χ1) is 11.5. The number of amides is 3. The van der Waals surface area contributed by atoms with E-state index < -0.39 is 0 Å². The lowest BCUT2D eigenvalue weighted by Gasteiger charge is -2.31. The summed E-state index contributed by atoms with van der Waals surface area (Å²) in [6, 6.07) is 7.01. The molecule has 1 heterocycles. The van der Waals surface area contributed by atoms with Crippen molar-refractivity contribution in [3.8, 4) is 0 Å². The second kappa shape index (κ2) is 8.29. The van der Waals surface area contributed by atoms with Gasteiger partial charge in [0.15, 0.2) is 0 Å². The Morgan fingerprint density at radius 3 is 2.62 bits per heavy atom. The van der Waals surface area contributed by atoms with Gasteiger partial charge in [-0.2, -0.15) is 0 Å². The predicted octanol–water partition coefficient (Wildman–Crippen LogP) is 1.17. The van der Waals surface area contributed by atoms with Gasteiger partial charge < -0.3 is 16.0 Å². The summed E-state index contributed by atoms with van der Waals surface area (Å²) < 4.78 is 0. The Balaban J connectivity index is 1.94. The molecule has 1 aliphatic rings. The molecule has 0 bridgehead atoms. The van der Waals surface area contributed by atoms with Gasteiger partial charge >= 0.3 is 0 Å². The number of carbonyl (C=O) groups is 3. The van der Waals surface area contributed by atoms with Gasteiger partial charge in [-0.3, -0.25) is 14.4 Å². The molecule has 1 aromatic rings. The van der Waals surface area contributed by atoms with Crippen LogP contribution < -0.4 is 11.1 Å². The minimum Gasteiger partial charge on any atom is -0.370 e. The first kappa shape index (κ1) is 17.7. The number of nitrogens with zero attached hydrogens (tertiary/aromatic N) is 1. The summed E-state index contributed by atoms with van der Waals surface area (Å²) in [6.07, 6.45) is 5.40. The third kappa shape index (κ3) is 4.94. The first-order valence-corrected chi connectivity index (χ1v) is 8.07. The van der Waals surface area contributed by atoms with Crippen molar-refractivity contribution in [3.05, 3.63) is 41.5 Å². The number of likely N-dealkylation sites (tertiary alicyclic amines) is 1. The van der Waals surface area contributed by atoms with Crippen LogP contribution in [0.5, 0.6) is 0 Å². The van der Waals surface area contributed by atoms with Crippen LogP contribution in [-0.4, -0.2) is 42.8 Å². The van der Waals surface area contributed by atoms with E-state index in [0.717, 1.165) is 18.4 Å². The molecule has 128 valence electrons. The van der Waals surface area contributed by atoms with E-state index in [0.29, 0.717) is 25.1 Å². The lowest BCUT2D eigenvalue weighted by Crippen LogP contribution is -2.40. The Bertz CT molecular complexity index is 637. The molecule has 24 heavy (non-hydrogen) atoms. The van der Waals surface area contributed by atoms with E-state index in [2.05, 4.69) is 5.32 Å². The van der Waals surface area contributed by atoms with Gasteiger partial charge in [-0.1, -0.05) is 12.1 Å². The van der Waals surface area contributed by atoms with Gasteiger partial charge in [0.1, 0.15) is 0 Å². The topological polar surface area (TPSA) is 92.5 Å². The Morgan fingerprint density at radius 2 is 2.00 bits per heavy atom. The molecule has 1 saturated heterocycles. The summed E-state index contributed by atoms with van der Waals surface area (Å²) in [7, 11) is 1.58. The largest absolute Gasteiger partial charge is 0.370 e. The van der Waals surface area contributed by atoms with Gasteiger partial charge in [0.25, 0.3) is 5.91 Å². The number of nitrogens with two attached hydrogens (primary N) is 1. The minimum absolute atomic E-state index is 0.0699. The van der Waals surface area contributed by atoms with Gasteiger partial charge in [0.05, 0.1) is 0 Å². The Morgan fingerprint density at radius 1 is 1.29 bits per heavy atom. The molecule has 0 unspecified atom stereocenters. The fourth-order valence-corrected chi connectivity index (χ4v) is 2.88. The van der Waals surface area contributed by atoms with Crippen molar-refractivity contribution < 1.29 is 14.4 Å². The highest BCUT2D eigenvalue weighted by Crippen LogP contribution is 2.19. The van der Waals surface area contributed by atoms with E-state index in [-0.39, 0.29) is 23.6 Å². The zero-order valence-corrected chi connectivity index (χ0v) is 13.8. The van der Waals surface area contributed by atoms with Crippen LogP contribution in [0, 0.1) is 5.92 Å². The molecular formula is C18H23N3O3. The number of primary amides is 1. The van der Waals surface area contributed by atoms with Crippen LogP contribution >= 0.6 is 0 Å². The van der Waals surface area contributed by atoms with E-state index in [9.17, 15) is 14.4 Å². The molecule has 1 fully saturated rings. The summed E-state index contributed by atoms with van der Waals surface area (Å²) in [4.78, 5) is 36.5. The summed E-state index contributed by atoms with van der Waals surface area (Å²) in [5.74, 6) is -0.378. The van der Waals surface area contributed by atoms with Crippen molar-refractivity contribution in [2.45, 2.75) is 19.3 Å². The smallest absolute Gasteiger partial charge is 0.251 e. The molecule has 1 atom stereocenters. The lowest BCUT2D eigenvalue weighted by molar-refractivity contribution is -0.129. The van der Waals surface area contributed by atoms with E-state index in [1.54, 1.807) is 42.3 Å². The third-order valence-corrected chi connectivity index (χ3v) is 4.14. The van der Waals surface area contributed by atoms with Crippen molar-refractivity contribution in [2.75, 3.05) is 20.1 Å². The van der Waals surface area contributed by atoms with Crippen LogP contribution in [0.3, 0.4) is 0 Å². The fourth-order valence-electron chi connectivity index (χ4n) is 2.88. The summed E-state index contributed by atoms with van der Waals surface area (Å²) >= 11 is 0. The zero-order valence-electron chi connectivity index (χ0n) is 13.8. The monoisotopic (exact) mass is 329 g/mol. The van der Waals surface area contributed by atoms with Crippen LogP contribution in [-0.2, 0) is 9.59 Å². The molecule has 0 aliphatic carbocycles. The highest BCUT2D eigenvalue weighted by Gasteiger charge is 2.23. The van der Waals surface area contributed by atoms with E-state index in [1.807, 2.05) is 0 Å². The minimum atomic E-state index is -0.318. The molecule has 3 N–H and O–H groups in total. The summed E-state index contributed by atoms with van der Waals surface area (Å²) in [5, 5.41) is 2.56. The molecule has 1 aromatic carbocycles. The number of benzene rings is 1. The highest BCUT2D eigenvalue weighted by atomic mass is 16.2. The molecule has 0 aromatic heterocycles. The average molecular weight is 329 g/mol. The van der Waals surface area contributed by atoms with Crippen LogP contribution in [0.1, 0.15) is 35.2 Å². The zero-order chi connectivity index (χ0) is 17.5. The van der Waals surface area contributed by atoms with Crippen molar-refractivity contribution in [2.24, 2.45) is 11.7 Å². The van der Waals surface area contributed by atoms with E-state index >= 15 is 0 Å². The summed E-state index contributed by atoms with van der Waals surface area (Å²) in [6.45, 7) is 1.27. The molecule has 6 heteroatoms. The van der Waals surface area contributed by atoms with E-state index in [4.69, 9.17) is 5.73 Å². The maximum absolute atomic E-state index is 12.3. The first-order valence-electron chi connectivity index (χ1n) is 8.07. The van der Waals surface area contributed by atoms with Crippen LogP contribution in [0.25, 0.3) is 6.08 Å². The van der Waals surface area contributed by atoms with Crippen molar-refractivity contribution in [3.63, 3.8) is 0 Å². The summed E-state index contributed by atoms with van der Waals surface area (Å²) in [5.41, 5.74) is 6.66. The van der Waals surface area contributed by atoms with Gasteiger partial charge in [-0.05, 0) is 42.5 Å². The number of carbonyl (C=O) groups excluding carboxylic acids is 3. The molecule has 2 rings (SSSR count). The maximum Gasteiger partial charge on any atom is 0.251 e. The van der Waals surface area contributed by atoms with Gasteiger partial charge in [-0.25, -0.2) is 0 Å². The number of piperidine rings is 1. The second-order valence-corrected chi connectivity index (χ2v) is 6.00. The molecular weight excluding hydrogens is 306 g/mol. The SMILES string of the molecule is CNC(=O)c1ccc(/C=C/C(=O)N2CCC[C@@H](CC(N)=O)C2)cc1. The van der Waals surface area contributed by atoms with E-state index in [1.165, 1.54) is 6.08 Å². The van der Waals surface area contributed by atoms with Gasteiger partial charge in [0, 0.05) is 38.2 Å². The van der Waals surface area contributed by atoms with Crippen LogP contribution in [0.15, 0.2) is 30.3 Å². The quantitative estimate of drug-likeness (QED) is 0.794. The standard InChI is InChI=1S/C18H23N3O3/c1-20-18(24)15-7-4-13(5-8-15)6-9-17(23)21-10-2-3-14(12-21)11-16(19)22/h4-9,14H,2-3,10-12H2,1H3,(H2,19,22)(H,20,24)/b9-6+/t14-/m0/s1. The molecule has 0 spiro atoms. The lowest BCUT2D eigenvalue weighted by atomic mass is 9.94. The van der Waals surface area contributed by atoms with Crippen LogP contribution in [0.2, 0.25) is 0 Å². The number of nitrogens with one attached hydrogen (secondary N) is 1. The van der Waals surface area contributed by atoms with Crippen molar-refractivity contribution >= 4 is 23.8 Å². The Hall–Kier alpha value is -2.63. The number of hydrogen-bond donors (Lipinski definition) is 2. The number of rotatable bonds is 5. The average Bonchev–Trinajstić information content (AvgIpc) is 2.59. The normalized spacial score (nSPS) is 17.7. The van der Waals surface area contributed by atoms with Crippen molar-refractivity contribution in [1.82, 2.24) is 10.2 Å². The molecule has 0 radical (unpaired) electrons. The number of hydrogen-bond acceptors (Lipinski definition) is 3. The van der Waals surface area contributed by atoms with Gasteiger partial charge in [-0.15, -0.1) is 0 Å². The maximum atomic E-state index is 12.3. The molecule has 0 saturated carbocycles. The Labute approximate surface area is 141 Å². The Kier molecular flexibility index (Phi) is 6.12. The highest BCUT2D eigenvalue weighted by molar-refractivity contribution is 5.94. The fraction of sp³-hybridized carbons (Fsp3) is 0.389. The van der Waals surface area contributed by atoms with Gasteiger partial charge in [0.2, 0.25) is 11.8 Å². The third-order valence-electron chi connectivity index (χ3n) is 4.14. The second-order valence-electron chi connectivity index (χ2n) is 6.00. The molecule has 1 aliphatic heterocycles. The molecule has 3 amide bonds. The van der Waals surface area contributed by atoms with Crippen LogP contribution in [0.4, 0.5) is 0 Å². The van der Waals surface area contributed by atoms with Crippen molar-refractivity contribution in [1.29, 1.82) is 0 Å². The predicted molar refractivity (Wildman–Crippen MR) is 92.0 cm³/mol. The molecule has 6 nitrogen and oxygen atoms in total.